The number of rotatable bonds is 4. The van der Waals surface area contributed by atoms with Crippen molar-refractivity contribution < 1.29 is 14.8 Å². The Morgan fingerprint density at radius 2 is 1.45 bits per heavy atom. The Balaban J connectivity index is 2.51. The molecule has 0 aromatic heterocycles. The lowest BCUT2D eigenvalue weighted by Crippen LogP contribution is -2.25. The van der Waals surface area contributed by atoms with Gasteiger partial charge in [-0.1, -0.05) is 36.4 Å². The zero-order valence-corrected chi connectivity index (χ0v) is 12.0. The zero-order chi connectivity index (χ0) is 15.9. The van der Waals surface area contributed by atoms with Crippen molar-refractivity contribution in [1.29, 1.82) is 0 Å². The molecule has 1 heterocycles. The van der Waals surface area contributed by atoms with Gasteiger partial charge in [-0.2, -0.15) is 0 Å². The van der Waals surface area contributed by atoms with Gasteiger partial charge < -0.3 is 0 Å². The van der Waals surface area contributed by atoms with Crippen LogP contribution in [0.25, 0.3) is 10.8 Å². The van der Waals surface area contributed by atoms with Gasteiger partial charge in [-0.3, -0.25) is 14.8 Å². The molecule has 0 saturated carbocycles. The summed E-state index contributed by atoms with van der Waals surface area (Å²) in [6, 6.07) is 7.41. The van der Waals surface area contributed by atoms with Crippen LogP contribution in [0.15, 0.2) is 49.6 Å². The van der Waals surface area contributed by atoms with Gasteiger partial charge in [0.1, 0.15) is 0 Å². The highest BCUT2D eigenvalue weighted by Crippen LogP contribution is 2.36. The maximum Gasteiger partial charge on any atom is 0.286 e. The molecular weight excluding hydrogens is 278 g/mol. The standard InChI is InChI=1S/C18H15NO3/c1-3-7-11-12-9-5-6-10-14(12)16-15(13(11)8-4-2)17(20)19(22)18(16)21/h3-6,9-10,22H,1-2,7-8H2. The summed E-state index contributed by atoms with van der Waals surface area (Å²) in [6.45, 7) is 7.50. The van der Waals surface area contributed by atoms with Gasteiger partial charge in [0.25, 0.3) is 11.8 Å². The third-order valence-corrected chi connectivity index (χ3v) is 3.95. The zero-order valence-electron chi connectivity index (χ0n) is 12.0. The van der Waals surface area contributed by atoms with Crippen molar-refractivity contribution in [1.82, 2.24) is 5.06 Å². The Labute approximate surface area is 127 Å². The maximum absolute atomic E-state index is 12.3. The van der Waals surface area contributed by atoms with E-state index >= 15 is 0 Å². The molecule has 4 nitrogen and oxygen atoms in total. The molecule has 0 saturated heterocycles. The number of carbonyl (C=O) groups excluding carboxylic acids is 2. The van der Waals surface area contributed by atoms with Gasteiger partial charge in [0.2, 0.25) is 0 Å². The smallest absolute Gasteiger partial charge is 0.278 e. The minimum absolute atomic E-state index is 0.196. The molecule has 0 radical (unpaired) electrons. The molecule has 22 heavy (non-hydrogen) atoms. The summed E-state index contributed by atoms with van der Waals surface area (Å²) in [7, 11) is 0. The summed E-state index contributed by atoms with van der Waals surface area (Å²) in [6.07, 6.45) is 4.47. The monoisotopic (exact) mass is 293 g/mol. The molecule has 1 N–H and O–H groups in total. The summed E-state index contributed by atoms with van der Waals surface area (Å²) in [5, 5.41) is 11.5. The lowest BCUT2D eigenvalue weighted by molar-refractivity contribution is -0.0326. The van der Waals surface area contributed by atoms with E-state index in [4.69, 9.17) is 0 Å². The van der Waals surface area contributed by atoms with Crippen LogP contribution in [0.2, 0.25) is 0 Å². The van der Waals surface area contributed by atoms with Gasteiger partial charge in [-0.05, 0) is 34.7 Å². The van der Waals surface area contributed by atoms with E-state index in [2.05, 4.69) is 13.2 Å². The van der Waals surface area contributed by atoms with Crippen LogP contribution in [0.4, 0.5) is 0 Å². The number of benzene rings is 2. The highest BCUT2D eigenvalue weighted by molar-refractivity contribution is 6.27. The molecule has 0 aliphatic carbocycles. The van der Waals surface area contributed by atoms with E-state index in [0.717, 1.165) is 16.5 Å². The maximum atomic E-state index is 12.3. The molecule has 0 atom stereocenters. The molecule has 0 bridgehead atoms. The summed E-state index contributed by atoms with van der Waals surface area (Å²) in [5.74, 6) is -1.35. The molecule has 1 aliphatic rings. The predicted molar refractivity (Wildman–Crippen MR) is 84.0 cm³/mol. The van der Waals surface area contributed by atoms with E-state index in [1.54, 1.807) is 18.2 Å². The van der Waals surface area contributed by atoms with E-state index in [0.29, 0.717) is 18.2 Å². The number of hydroxylamine groups is 2. The van der Waals surface area contributed by atoms with Crippen LogP contribution in [0.3, 0.4) is 0 Å². The Morgan fingerprint density at radius 1 is 0.909 bits per heavy atom. The molecule has 1 aliphatic heterocycles. The quantitative estimate of drug-likeness (QED) is 0.534. The molecule has 4 heteroatoms. The number of amides is 2. The van der Waals surface area contributed by atoms with Crippen LogP contribution in [0, 0.1) is 0 Å². The van der Waals surface area contributed by atoms with Crippen molar-refractivity contribution in [3.8, 4) is 0 Å². The SMILES string of the molecule is C=CCc1c2c(c3ccccc3c1CC=C)C(=O)N(O)C2=O. The van der Waals surface area contributed by atoms with Crippen molar-refractivity contribution in [3.63, 3.8) is 0 Å². The largest absolute Gasteiger partial charge is 0.286 e. The number of imide groups is 1. The number of carbonyl (C=O) groups is 2. The molecule has 0 unspecified atom stereocenters. The second kappa shape index (κ2) is 5.24. The van der Waals surface area contributed by atoms with Crippen LogP contribution >= 0.6 is 0 Å². The first kappa shape index (κ1) is 14.2. The van der Waals surface area contributed by atoms with Gasteiger partial charge in [-0.25, -0.2) is 0 Å². The van der Waals surface area contributed by atoms with Crippen molar-refractivity contribution in [2.75, 3.05) is 0 Å². The third-order valence-electron chi connectivity index (χ3n) is 3.95. The van der Waals surface area contributed by atoms with E-state index in [9.17, 15) is 14.8 Å². The van der Waals surface area contributed by atoms with Gasteiger partial charge in [0.05, 0.1) is 11.1 Å². The highest BCUT2D eigenvalue weighted by Gasteiger charge is 2.39. The number of fused-ring (bicyclic) bond motifs is 3. The molecule has 0 fully saturated rings. The first-order valence-electron chi connectivity index (χ1n) is 6.97. The van der Waals surface area contributed by atoms with Crippen LogP contribution in [-0.4, -0.2) is 22.1 Å². The normalized spacial score (nSPS) is 13.6. The van der Waals surface area contributed by atoms with Crippen molar-refractivity contribution >= 4 is 22.6 Å². The fourth-order valence-electron chi connectivity index (χ4n) is 3.07. The Morgan fingerprint density at radius 3 is 2.09 bits per heavy atom. The lowest BCUT2D eigenvalue weighted by Gasteiger charge is -2.14. The number of allylic oxidation sites excluding steroid dienone is 2. The Bertz CT molecular complexity index is 836. The fourth-order valence-corrected chi connectivity index (χ4v) is 3.07. The summed E-state index contributed by atoms with van der Waals surface area (Å²) >= 11 is 0. The molecule has 0 spiro atoms. The second-order valence-corrected chi connectivity index (χ2v) is 5.16. The Kier molecular flexibility index (Phi) is 3.39. The average molecular weight is 293 g/mol. The van der Waals surface area contributed by atoms with Crippen LogP contribution < -0.4 is 0 Å². The van der Waals surface area contributed by atoms with E-state index in [1.165, 1.54) is 0 Å². The van der Waals surface area contributed by atoms with Crippen molar-refractivity contribution in [2.45, 2.75) is 12.8 Å². The van der Waals surface area contributed by atoms with Crippen molar-refractivity contribution in [2.24, 2.45) is 0 Å². The van der Waals surface area contributed by atoms with Crippen LogP contribution in [0.5, 0.6) is 0 Å². The van der Waals surface area contributed by atoms with Crippen LogP contribution in [0.1, 0.15) is 31.8 Å². The summed E-state index contributed by atoms with van der Waals surface area (Å²) < 4.78 is 0. The van der Waals surface area contributed by atoms with E-state index in [-0.39, 0.29) is 16.2 Å². The first-order valence-corrected chi connectivity index (χ1v) is 6.97. The van der Waals surface area contributed by atoms with Gasteiger partial charge in [-0.15, -0.1) is 18.2 Å². The van der Waals surface area contributed by atoms with Gasteiger partial charge in [0.15, 0.2) is 0 Å². The fraction of sp³-hybridized carbons (Fsp3) is 0.111. The van der Waals surface area contributed by atoms with Gasteiger partial charge in [0, 0.05) is 0 Å². The molecule has 3 rings (SSSR count). The van der Waals surface area contributed by atoms with E-state index in [1.807, 2.05) is 18.2 Å². The summed E-state index contributed by atoms with van der Waals surface area (Å²) in [4.78, 5) is 24.6. The minimum Gasteiger partial charge on any atom is -0.278 e. The summed E-state index contributed by atoms with van der Waals surface area (Å²) in [5.41, 5.74) is 2.23. The van der Waals surface area contributed by atoms with E-state index < -0.39 is 11.8 Å². The Hall–Kier alpha value is -2.72. The average Bonchev–Trinajstić information content (AvgIpc) is 2.75. The number of hydrogen-bond donors (Lipinski definition) is 1. The predicted octanol–water partition coefficient (Wildman–Crippen LogP) is 3.28. The third kappa shape index (κ3) is 1.81. The topological polar surface area (TPSA) is 57.6 Å². The highest BCUT2D eigenvalue weighted by atomic mass is 16.5. The van der Waals surface area contributed by atoms with Crippen LogP contribution in [-0.2, 0) is 12.8 Å². The molecule has 110 valence electrons. The molecule has 2 aromatic rings. The molecule has 2 amide bonds. The molecular formula is C18H15NO3. The second-order valence-electron chi connectivity index (χ2n) is 5.16. The number of nitrogens with zero attached hydrogens (tertiary/aromatic N) is 1. The lowest BCUT2D eigenvalue weighted by atomic mass is 9.87. The van der Waals surface area contributed by atoms with Gasteiger partial charge >= 0.3 is 0 Å². The first-order chi connectivity index (χ1) is 10.6. The van der Waals surface area contributed by atoms with Crippen molar-refractivity contribution in [3.05, 3.63) is 71.8 Å². The number of hydrogen-bond acceptors (Lipinski definition) is 3. The minimum atomic E-state index is -0.674. The molecule has 2 aromatic carbocycles.